The number of hydrogen-bond donors (Lipinski definition) is 2. The van der Waals surface area contributed by atoms with Gasteiger partial charge in [0, 0.05) is 23.0 Å². The van der Waals surface area contributed by atoms with Crippen molar-refractivity contribution in [3.05, 3.63) is 83.1 Å². The number of esters is 1. The first-order valence-electron chi connectivity index (χ1n) is 8.80. The Labute approximate surface area is 173 Å². The monoisotopic (exact) mass is 410 g/mol. The summed E-state index contributed by atoms with van der Waals surface area (Å²) in [4.78, 5) is 19.9. The molecule has 1 heterocycles. The molecule has 0 atom stereocenters. The lowest BCUT2D eigenvalue weighted by atomic mass is 10.0. The minimum Gasteiger partial charge on any atom is -0.465 e. The van der Waals surface area contributed by atoms with Gasteiger partial charge in [0.1, 0.15) is 23.5 Å². The molecule has 0 fully saturated rings. The van der Waals surface area contributed by atoms with Crippen LogP contribution in [0.5, 0.6) is 0 Å². The first kappa shape index (κ1) is 22.3. The van der Waals surface area contributed by atoms with Crippen molar-refractivity contribution in [1.82, 2.24) is 9.97 Å². The molecule has 0 bridgehead atoms. The third kappa shape index (κ3) is 5.08. The molecule has 8 heteroatoms. The van der Waals surface area contributed by atoms with Crippen LogP contribution in [0, 0.1) is 23.5 Å². The van der Waals surface area contributed by atoms with Gasteiger partial charge in [-0.05, 0) is 30.7 Å². The molecule has 0 radical (unpaired) electrons. The number of ether oxygens (including phenoxy) is 1. The number of benzene rings is 1. The highest BCUT2D eigenvalue weighted by atomic mass is 19.1. The van der Waals surface area contributed by atoms with Crippen LogP contribution >= 0.6 is 0 Å². The first-order valence-corrected chi connectivity index (χ1v) is 8.80. The third-order valence-corrected chi connectivity index (χ3v) is 3.95. The maximum absolute atomic E-state index is 14.4. The van der Waals surface area contributed by atoms with Gasteiger partial charge >= 0.3 is 5.97 Å². The number of aromatic nitrogens is 2. The largest absolute Gasteiger partial charge is 0.465 e. The van der Waals surface area contributed by atoms with Crippen molar-refractivity contribution in [3.63, 3.8) is 0 Å². The van der Waals surface area contributed by atoms with Crippen LogP contribution in [0.4, 0.5) is 8.78 Å². The Kier molecular flexibility index (Phi) is 7.42. The van der Waals surface area contributed by atoms with Gasteiger partial charge in [-0.1, -0.05) is 25.3 Å². The minimum atomic E-state index is -1.11. The third-order valence-electron chi connectivity index (χ3n) is 3.95. The SMILES string of the molecule is C=C(N)/C=C\C(C#Cc1c(CC)ncnc1-c1cc(F)c(C(=O)OC)c(F)c1)=C/N. The van der Waals surface area contributed by atoms with Crippen molar-refractivity contribution < 1.29 is 18.3 Å². The molecular weight excluding hydrogens is 390 g/mol. The molecule has 0 aliphatic heterocycles. The Bertz CT molecular complexity index is 1090. The van der Waals surface area contributed by atoms with Crippen molar-refractivity contribution in [2.45, 2.75) is 13.3 Å². The molecule has 0 aliphatic rings. The average molecular weight is 410 g/mol. The molecule has 0 saturated carbocycles. The normalized spacial score (nSPS) is 11.1. The Hall–Kier alpha value is -3.99. The number of rotatable bonds is 5. The summed E-state index contributed by atoms with van der Waals surface area (Å²) in [6.07, 6.45) is 6.18. The summed E-state index contributed by atoms with van der Waals surface area (Å²) in [6.45, 7) is 5.41. The number of methoxy groups -OCH3 is 1. The molecule has 154 valence electrons. The fourth-order valence-corrected chi connectivity index (χ4v) is 2.52. The Morgan fingerprint density at radius 2 is 1.93 bits per heavy atom. The Balaban J connectivity index is 2.64. The van der Waals surface area contributed by atoms with E-state index in [-0.39, 0.29) is 11.3 Å². The van der Waals surface area contributed by atoms with E-state index < -0.39 is 23.2 Å². The Morgan fingerprint density at radius 1 is 1.27 bits per heavy atom. The van der Waals surface area contributed by atoms with Gasteiger partial charge in [0.2, 0.25) is 0 Å². The maximum atomic E-state index is 14.4. The number of aryl methyl sites for hydroxylation is 1. The molecule has 1 aromatic heterocycles. The van der Waals surface area contributed by atoms with E-state index in [2.05, 4.69) is 33.1 Å². The molecule has 0 unspecified atom stereocenters. The van der Waals surface area contributed by atoms with Gasteiger partial charge in [0.25, 0.3) is 0 Å². The predicted molar refractivity (Wildman–Crippen MR) is 110 cm³/mol. The summed E-state index contributed by atoms with van der Waals surface area (Å²) in [7, 11) is 1.04. The molecule has 4 N–H and O–H groups in total. The molecule has 2 rings (SSSR count). The van der Waals surface area contributed by atoms with Gasteiger partial charge in [0.15, 0.2) is 0 Å². The van der Waals surface area contributed by atoms with Crippen LogP contribution in [-0.4, -0.2) is 23.0 Å². The molecule has 6 nitrogen and oxygen atoms in total. The van der Waals surface area contributed by atoms with Crippen molar-refractivity contribution in [3.8, 4) is 23.1 Å². The molecule has 1 aromatic carbocycles. The van der Waals surface area contributed by atoms with E-state index in [1.54, 1.807) is 6.08 Å². The first-order chi connectivity index (χ1) is 14.3. The lowest BCUT2D eigenvalue weighted by Gasteiger charge is -2.10. The number of hydrogen-bond acceptors (Lipinski definition) is 6. The molecular formula is C22H20F2N4O2. The average Bonchev–Trinajstić information content (AvgIpc) is 2.72. The van der Waals surface area contributed by atoms with Crippen molar-refractivity contribution in [2.24, 2.45) is 11.5 Å². The lowest BCUT2D eigenvalue weighted by Crippen LogP contribution is -2.08. The van der Waals surface area contributed by atoms with Crippen LogP contribution in [0.25, 0.3) is 11.3 Å². The zero-order valence-corrected chi connectivity index (χ0v) is 16.5. The number of nitrogens with two attached hydrogens (primary N) is 2. The lowest BCUT2D eigenvalue weighted by molar-refractivity contribution is 0.0590. The topological polar surface area (TPSA) is 104 Å². The number of allylic oxidation sites excluding steroid dienone is 3. The summed E-state index contributed by atoms with van der Waals surface area (Å²) in [6, 6.07) is 2.00. The minimum absolute atomic E-state index is 0.100. The highest BCUT2D eigenvalue weighted by molar-refractivity contribution is 5.90. The highest BCUT2D eigenvalue weighted by Gasteiger charge is 2.21. The maximum Gasteiger partial charge on any atom is 0.343 e. The van der Waals surface area contributed by atoms with Crippen LogP contribution in [0.2, 0.25) is 0 Å². The van der Waals surface area contributed by atoms with E-state index in [0.29, 0.717) is 28.9 Å². The van der Waals surface area contributed by atoms with Gasteiger partial charge in [-0.2, -0.15) is 0 Å². The smallest absolute Gasteiger partial charge is 0.343 e. The predicted octanol–water partition coefficient (Wildman–Crippen LogP) is 2.99. The van der Waals surface area contributed by atoms with Gasteiger partial charge in [0.05, 0.1) is 24.1 Å². The van der Waals surface area contributed by atoms with Gasteiger partial charge < -0.3 is 16.2 Å². The summed E-state index contributed by atoms with van der Waals surface area (Å²) < 4.78 is 33.2. The fourth-order valence-electron chi connectivity index (χ4n) is 2.52. The second kappa shape index (κ2) is 9.98. The molecule has 0 spiro atoms. The summed E-state index contributed by atoms with van der Waals surface area (Å²) in [5.41, 5.74) is 12.3. The van der Waals surface area contributed by atoms with E-state index in [9.17, 15) is 13.6 Å². The zero-order valence-electron chi connectivity index (χ0n) is 16.5. The van der Waals surface area contributed by atoms with E-state index in [4.69, 9.17) is 11.5 Å². The highest BCUT2D eigenvalue weighted by Crippen LogP contribution is 2.27. The number of carbonyl (C=O) groups is 1. The molecule has 0 aliphatic carbocycles. The van der Waals surface area contributed by atoms with Crippen molar-refractivity contribution >= 4 is 5.97 Å². The molecule has 30 heavy (non-hydrogen) atoms. The van der Waals surface area contributed by atoms with Gasteiger partial charge in [-0.25, -0.2) is 23.5 Å². The van der Waals surface area contributed by atoms with Gasteiger partial charge in [-0.15, -0.1) is 0 Å². The summed E-state index contributed by atoms with van der Waals surface area (Å²) >= 11 is 0. The fraction of sp³-hybridized carbons (Fsp3) is 0.136. The number of halogens is 2. The number of nitrogens with zero attached hydrogens (tertiary/aromatic N) is 2. The van der Waals surface area contributed by atoms with Crippen LogP contribution in [0.3, 0.4) is 0 Å². The van der Waals surface area contributed by atoms with Gasteiger partial charge in [-0.3, -0.25) is 0 Å². The standard InChI is InChI=1S/C22H20F2N4O2/c1-4-19-16(8-7-14(11-25)6-5-13(2)26)21(28-12-27-19)15-9-17(23)20(18(24)10-15)22(29)30-3/h5-6,9-12H,2,4,25-26H2,1,3H3/b6-5-,14-11+. The molecule has 2 aromatic rings. The van der Waals surface area contributed by atoms with Crippen LogP contribution in [0.15, 0.2) is 54.7 Å². The second-order valence-electron chi connectivity index (χ2n) is 5.98. The van der Waals surface area contributed by atoms with Crippen LogP contribution in [0.1, 0.15) is 28.5 Å². The Morgan fingerprint density at radius 3 is 2.47 bits per heavy atom. The van der Waals surface area contributed by atoms with Crippen LogP contribution in [-0.2, 0) is 11.2 Å². The second-order valence-corrected chi connectivity index (χ2v) is 5.98. The summed E-state index contributed by atoms with van der Waals surface area (Å²) in [5, 5.41) is 0. The van der Waals surface area contributed by atoms with E-state index in [0.717, 1.165) is 19.2 Å². The number of carbonyl (C=O) groups excluding carboxylic acids is 1. The summed E-state index contributed by atoms with van der Waals surface area (Å²) in [5.74, 6) is 2.52. The van der Waals surface area contributed by atoms with E-state index in [1.807, 2.05) is 6.92 Å². The van der Waals surface area contributed by atoms with Crippen molar-refractivity contribution in [1.29, 1.82) is 0 Å². The van der Waals surface area contributed by atoms with Crippen LogP contribution < -0.4 is 11.5 Å². The molecule has 0 saturated heterocycles. The zero-order chi connectivity index (χ0) is 22.3. The van der Waals surface area contributed by atoms with Crippen molar-refractivity contribution in [2.75, 3.05) is 7.11 Å². The quantitative estimate of drug-likeness (QED) is 0.446. The van der Waals surface area contributed by atoms with E-state index in [1.165, 1.54) is 18.6 Å². The molecule has 0 amide bonds. The van der Waals surface area contributed by atoms with E-state index >= 15 is 0 Å².